The van der Waals surface area contributed by atoms with Gasteiger partial charge in [0.2, 0.25) is 0 Å². The molecule has 5 nitrogen and oxygen atoms in total. The first-order valence-electron chi connectivity index (χ1n) is 6.15. The van der Waals surface area contributed by atoms with Gasteiger partial charge in [0.15, 0.2) is 0 Å². The van der Waals surface area contributed by atoms with Gasteiger partial charge in [-0.25, -0.2) is 4.79 Å². The Labute approximate surface area is 103 Å². The first-order valence-corrected chi connectivity index (χ1v) is 6.15. The monoisotopic (exact) mass is 244 g/mol. The highest BCUT2D eigenvalue weighted by Crippen LogP contribution is 2.06. The Kier molecular flexibility index (Phi) is 5.21. The summed E-state index contributed by atoms with van der Waals surface area (Å²) in [5.74, 6) is 0.378. The van der Waals surface area contributed by atoms with Crippen LogP contribution in [0.4, 0.5) is 4.79 Å². The van der Waals surface area contributed by atoms with Gasteiger partial charge in [-0.2, -0.15) is 0 Å². The molecule has 0 spiro atoms. The van der Waals surface area contributed by atoms with Gasteiger partial charge in [0.1, 0.15) is 5.60 Å². The molecule has 0 saturated carbocycles. The van der Waals surface area contributed by atoms with Crippen LogP contribution in [0.25, 0.3) is 0 Å². The third kappa shape index (κ3) is 6.48. The molecule has 1 aliphatic rings. The molecule has 0 aromatic heterocycles. The topological polar surface area (TPSA) is 59.6 Å². The van der Waals surface area contributed by atoms with Crippen molar-refractivity contribution < 1.29 is 14.3 Å². The van der Waals surface area contributed by atoms with Crippen LogP contribution in [-0.2, 0) is 9.47 Å². The Morgan fingerprint density at radius 1 is 1.41 bits per heavy atom. The van der Waals surface area contributed by atoms with Gasteiger partial charge in [-0.1, -0.05) is 6.92 Å². The summed E-state index contributed by atoms with van der Waals surface area (Å²) in [6.45, 7) is 10.7. The van der Waals surface area contributed by atoms with E-state index >= 15 is 0 Å². The smallest absolute Gasteiger partial charge is 0.407 e. The lowest BCUT2D eigenvalue weighted by atomic mass is 10.1. The molecule has 1 aliphatic heterocycles. The van der Waals surface area contributed by atoms with E-state index in [2.05, 4.69) is 17.6 Å². The zero-order valence-corrected chi connectivity index (χ0v) is 11.2. The van der Waals surface area contributed by atoms with Crippen molar-refractivity contribution in [2.75, 3.05) is 26.3 Å². The molecule has 100 valence electrons. The van der Waals surface area contributed by atoms with Crippen LogP contribution in [0.1, 0.15) is 27.7 Å². The molecule has 1 atom stereocenters. The summed E-state index contributed by atoms with van der Waals surface area (Å²) in [6.07, 6.45) is -0.351. The lowest BCUT2D eigenvalue weighted by Crippen LogP contribution is -2.48. The van der Waals surface area contributed by atoms with E-state index in [4.69, 9.17) is 9.47 Å². The van der Waals surface area contributed by atoms with Gasteiger partial charge in [0.05, 0.1) is 19.3 Å². The molecular weight excluding hydrogens is 220 g/mol. The van der Waals surface area contributed by atoms with Crippen molar-refractivity contribution in [2.45, 2.75) is 39.3 Å². The second-order valence-electron chi connectivity index (χ2n) is 5.63. The first kappa shape index (κ1) is 14.3. The predicted octanol–water partition coefficient (Wildman–Crippen LogP) is 1.14. The highest BCUT2D eigenvalue weighted by molar-refractivity contribution is 5.67. The summed E-state index contributed by atoms with van der Waals surface area (Å²) in [7, 11) is 0. The molecule has 0 bridgehead atoms. The van der Waals surface area contributed by atoms with Crippen LogP contribution in [0.2, 0.25) is 0 Å². The zero-order chi connectivity index (χ0) is 12.9. The van der Waals surface area contributed by atoms with Gasteiger partial charge < -0.3 is 20.1 Å². The third-order valence-electron chi connectivity index (χ3n) is 2.39. The minimum Gasteiger partial charge on any atom is -0.444 e. The molecule has 0 radical (unpaired) electrons. The van der Waals surface area contributed by atoms with E-state index in [1.165, 1.54) is 0 Å². The summed E-state index contributed by atoms with van der Waals surface area (Å²) >= 11 is 0. The molecule has 1 heterocycles. The van der Waals surface area contributed by atoms with E-state index < -0.39 is 5.60 Å². The number of amides is 1. The minimum atomic E-state index is -0.436. The number of carbonyl (C=O) groups excluding carboxylic acids is 1. The van der Waals surface area contributed by atoms with E-state index in [1.54, 1.807) is 0 Å². The second kappa shape index (κ2) is 6.21. The molecule has 0 aromatic rings. The van der Waals surface area contributed by atoms with E-state index in [1.807, 2.05) is 20.8 Å². The maximum atomic E-state index is 11.4. The molecule has 1 saturated heterocycles. The molecule has 0 aliphatic carbocycles. The fourth-order valence-corrected chi connectivity index (χ4v) is 1.37. The second-order valence-corrected chi connectivity index (χ2v) is 5.63. The van der Waals surface area contributed by atoms with Gasteiger partial charge in [0, 0.05) is 6.54 Å². The normalized spacial score (nSPS) is 18.4. The Bertz CT molecular complexity index is 247. The maximum Gasteiger partial charge on any atom is 0.407 e. The molecule has 0 aromatic carbocycles. The SMILES string of the molecule is CC(CNC(=O)OC(C)(C)C)CNC1COC1. The van der Waals surface area contributed by atoms with E-state index in [0.29, 0.717) is 18.5 Å². The number of alkyl carbamates (subject to hydrolysis) is 1. The Morgan fingerprint density at radius 2 is 2.06 bits per heavy atom. The van der Waals surface area contributed by atoms with Gasteiger partial charge in [-0.05, 0) is 33.2 Å². The Morgan fingerprint density at radius 3 is 2.53 bits per heavy atom. The van der Waals surface area contributed by atoms with Gasteiger partial charge >= 0.3 is 6.09 Å². The number of carbonyl (C=O) groups is 1. The van der Waals surface area contributed by atoms with Crippen molar-refractivity contribution in [2.24, 2.45) is 5.92 Å². The lowest BCUT2D eigenvalue weighted by Gasteiger charge is -2.28. The number of hydrogen-bond acceptors (Lipinski definition) is 4. The van der Waals surface area contributed by atoms with E-state index in [0.717, 1.165) is 19.8 Å². The van der Waals surface area contributed by atoms with E-state index in [9.17, 15) is 4.79 Å². The van der Waals surface area contributed by atoms with Crippen LogP contribution >= 0.6 is 0 Å². The Hall–Kier alpha value is -0.810. The maximum absolute atomic E-state index is 11.4. The van der Waals surface area contributed by atoms with Crippen LogP contribution in [0, 0.1) is 5.92 Å². The van der Waals surface area contributed by atoms with E-state index in [-0.39, 0.29) is 6.09 Å². The lowest BCUT2D eigenvalue weighted by molar-refractivity contribution is -0.00627. The van der Waals surface area contributed by atoms with Crippen molar-refractivity contribution >= 4 is 6.09 Å². The molecule has 5 heteroatoms. The van der Waals surface area contributed by atoms with Crippen molar-refractivity contribution in [1.29, 1.82) is 0 Å². The average Bonchev–Trinajstić information content (AvgIpc) is 2.09. The molecule has 1 unspecified atom stereocenters. The van der Waals surface area contributed by atoms with Gasteiger partial charge in [-0.3, -0.25) is 0 Å². The number of nitrogens with one attached hydrogen (secondary N) is 2. The number of ether oxygens (including phenoxy) is 2. The molecule has 17 heavy (non-hydrogen) atoms. The summed E-state index contributed by atoms with van der Waals surface area (Å²) in [4.78, 5) is 11.4. The quantitative estimate of drug-likeness (QED) is 0.761. The summed E-state index contributed by atoms with van der Waals surface area (Å²) < 4.78 is 10.2. The first-order chi connectivity index (χ1) is 7.87. The highest BCUT2D eigenvalue weighted by Gasteiger charge is 2.19. The van der Waals surface area contributed by atoms with Crippen molar-refractivity contribution in [1.82, 2.24) is 10.6 Å². The minimum absolute atomic E-state index is 0.351. The largest absolute Gasteiger partial charge is 0.444 e. The van der Waals surface area contributed by atoms with Gasteiger partial charge in [0.25, 0.3) is 0 Å². The molecular formula is C12H24N2O3. The zero-order valence-electron chi connectivity index (χ0n) is 11.2. The van der Waals surface area contributed by atoms with Crippen LogP contribution in [-0.4, -0.2) is 44.0 Å². The standard InChI is InChI=1S/C12H24N2O3/c1-9(5-13-10-7-16-8-10)6-14-11(15)17-12(2,3)4/h9-10,13H,5-8H2,1-4H3,(H,14,15). The van der Waals surface area contributed by atoms with Crippen molar-refractivity contribution in [3.05, 3.63) is 0 Å². The number of hydrogen-bond donors (Lipinski definition) is 2. The van der Waals surface area contributed by atoms with Crippen LogP contribution in [0.5, 0.6) is 0 Å². The Balaban J connectivity index is 2.05. The highest BCUT2D eigenvalue weighted by atomic mass is 16.6. The van der Waals surface area contributed by atoms with Crippen LogP contribution in [0.3, 0.4) is 0 Å². The van der Waals surface area contributed by atoms with Crippen molar-refractivity contribution in [3.63, 3.8) is 0 Å². The molecule has 1 fully saturated rings. The summed E-state index contributed by atoms with van der Waals surface area (Å²) in [5.41, 5.74) is -0.436. The number of rotatable bonds is 5. The predicted molar refractivity (Wildman–Crippen MR) is 66.0 cm³/mol. The third-order valence-corrected chi connectivity index (χ3v) is 2.39. The fourth-order valence-electron chi connectivity index (χ4n) is 1.37. The van der Waals surface area contributed by atoms with Crippen LogP contribution in [0.15, 0.2) is 0 Å². The average molecular weight is 244 g/mol. The molecule has 1 amide bonds. The summed E-state index contributed by atoms with van der Waals surface area (Å²) in [6, 6.07) is 0.485. The fraction of sp³-hybridized carbons (Fsp3) is 0.917. The molecule has 1 rings (SSSR count). The summed E-state index contributed by atoms with van der Waals surface area (Å²) in [5, 5.41) is 6.14. The van der Waals surface area contributed by atoms with Crippen LogP contribution < -0.4 is 10.6 Å². The molecule has 2 N–H and O–H groups in total. The van der Waals surface area contributed by atoms with Gasteiger partial charge in [-0.15, -0.1) is 0 Å². The van der Waals surface area contributed by atoms with Crippen molar-refractivity contribution in [3.8, 4) is 0 Å².